The standard InChI is InChI=1S/C21H18ClNO5/c1-2-28-21(25)20-18(14-4-3-5-16(22)10-14)11-15(12-19(20)24)13-6-8-17(9-7-13)23(26)27/h3-10,12,18,20H,2,11H2,1H3. The number of allylic oxidation sites excluding steroid dienone is 2. The van der Waals surface area contributed by atoms with Crippen LogP contribution < -0.4 is 0 Å². The molecule has 2 unspecified atom stereocenters. The second-order valence-electron chi connectivity index (χ2n) is 6.47. The molecule has 0 amide bonds. The van der Waals surface area contributed by atoms with E-state index in [0.29, 0.717) is 22.6 Å². The van der Waals surface area contributed by atoms with Crippen molar-refractivity contribution in [2.45, 2.75) is 19.3 Å². The molecule has 144 valence electrons. The molecule has 0 heterocycles. The molecular weight excluding hydrogens is 382 g/mol. The van der Waals surface area contributed by atoms with Gasteiger partial charge in [0, 0.05) is 23.1 Å². The van der Waals surface area contributed by atoms with Crippen LogP contribution in [0.15, 0.2) is 54.6 Å². The maximum absolute atomic E-state index is 12.8. The SMILES string of the molecule is CCOC(=O)C1C(=O)C=C(c2ccc([N+](=O)[O-])cc2)CC1c1cccc(Cl)c1. The van der Waals surface area contributed by atoms with Crippen molar-refractivity contribution in [2.24, 2.45) is 5.92 Å². The van der Waals surface area contributed by atoms with Gasteiger partial charge < -0.3 is 4.74 Å². The molecule has 1 aliphatic carbocycles. The van der Waals surface area contributed by atoms with Gasteiger partial charge in [-0.15, -0.1) is 0 Å². The predicted octanol–water partition coefficient (Wildman–Crippen LogP) is 4.57. The van der Waals surface area contributed by atoms with Crippen molar-refractivity contribution in [3.8, 4) is 0 Å². The van der Waals surface area contributed by atoms with Crippen LogP contribution in [0.3, 0.4) is 0 Å². The molecular formula is C21H18ClNO5. The molecule has 2 aromatic carbocycles. The molecule has 6 nitrogen and oxygen atoms in total. The second kappa shape index (κ2) is 8.35. The normalized spacial score (nSPS) is 19.1. The number of halogens is 1. The average Bonchev–Trinajstić information content (AvgIpc) is 2.67. The van der Waals surface area contributed by atoms with E-state index in [4.69, 9.17) is 16.3 Å². The Hall–Kier alpha value is -2.99. The number of hydrogen-bond donors (Lipinski definition) is 0. The Kier molecular flexibility index (Phi) is 5.90. The number of esters is 1. The highest BCUT2D eigenvalue weighted by molar-refractivity contribution is 6.30. The fourth-order valence-corrected chi connectivity index (χ4v) is 3.63. The molecule has 28 heavy (non-hydrogen) atoms. The average molecular weight is 400 g/mol. The van der Waals surface area contributed by atoms with Gasteiger partial charge in [0.2, 0.25) is 0 Å². The Morgan fingerprint density at radius 1 is 1.25 bits per heavy atom. The van der Waals surface area contributed by atoms with Crippen molar-refractivity contribution in [1.82, 2.24) is 0 Å². The third kappa shape index (κ3) is 4.12. The summed E-state index contributed by atoms with van der Waals surface area (Å²) in [7, 11) is 0. The molecule has 0 fully saturated rings. The first-order chi connectivity index (χ1) is 13.4. The Labute approximate surface area is 166 Å². The monoisotopic (exact) mass is 399 g/mol. The van der Waals surface area contributed by atoms with Crippen LogP contribution in [0.4, 0.5) is 5.69 Å². The first kappa shape index (κ1) is 19.8. The van der Waals surface area contributed by atoms with Crippen molar-refractivity contribution in [1.29, 1.82) is 0 Å². The zero-order valence-corrected chi connectivity index (χ0v) is 15.9. The van der Waals surface area contributed by atoms with Crippen molar-refractivity contribution in [3.05, 3.63) is 80.9 Å². The molecule has 0 aromatic heterocycles. The van der Waals surface area contributed by atoms with Crippen LogP contribution in [0.5, 0.6) is 0 Å². The highest BCUT2D eigenvalue weighted by Gasteiger charge is 2.39. The fourth-order valence-electron chi connectivity index (χ4n) is 3.43. The number of benzene rings is 2. The van der Waals surface area contributed by atoms with Crippen LogP contribution in [0.1, 0.15) is 30.4 Å². The van der Waals surface area contributed by atoms with E-state index < -0.39 is 22.7 Å². The molecule has 7 heteroatoms. The van der Waals surface area contributed by atoms with Gasteiger partial charge in [0.25, 0.3) is 5.69 Å². The molecule has 0 N–H and O–H groups in total. The minimum Gasteiger partial charge on any atom is -0.465 e. The van der Waals surface area contributed by atoms with Crippen molar-refractivity contribution in [2.75, 3.05) is 6.61 Å². The van der Waals surface area contributed by atoms with E-state index in [-0.39, 0.29) is 18.1 Å². The number of ketones is 1. The molecule has 0 radical (unpaired) electrons. The quantitative estimate of drug-likeness (QED) is 0.318. The van der Waals surface area contributed by atoms with Crippen LogP contribution >= 0.6 is 11.6 Å². The summed E-state index contributed by atoms with van der Waals surface area (Å²) in [6, 6.07) is 13.1. The summed E-state index contributed by atoms with van der Waals surface area (Å²) in [5.41, 5.74) is 2.16. The van der Waals surface area contributed by atoms with Gasteiger partial charge in [0.1, 0.15) is 5.92 Å². The van der Waals surface area contributed by atoms with Gasteiger partial charge in [-0.1, -0.05) is 23.7 Å². The van der Waals surface area contributed by atoms with Gasteiger partial charge in [-0.25, -0.2) is 0 Å². The van der Waals surface area contributed by atoms with Crippen molar-refractivity contribution < 1.29 is 19.2 Å². The maximum Gasteiger partial charge on any atom is 0.317 e. The lowest BCUT2D eigenvalue weighted by atomic mass is 9.73. The largest absolute Gasteiger partial charge is 0.465 e. The van der Waals surface area contributed by atoms with E-state index in [9.17, 15) is 19.7 Å². The summed E-state index contributed by atoms with van der Waals surface area (Å²) in [5.74, 6) is -2.28. The van der Waals surface area contributed by atoms with E-state index in [1.165, 1.54) is 18.2 Å². The lowest BCUT2D eigenvalue weighted by molar-refractivity contribution is -0.384. The number of carbonyl (C=O) groups excluding carboxylic acids is 2. The molecule has 3 rings (SSSR count). The van der Waals surface area contributed by atoms with Gasteiger partial charge in [-0.3, -0.25) is 19.7 Å². The Morgan fingerprint density at radius 3 is 2.57 bits per heavy atom. The van der Waals surface area contributed by atoms with E-state index in [1.54, 1.807) is 37.3 Å². The first-order valence-corrected chi connectivity index (χ1v) is 9.20. The molecule has 0 spiro atoms. The highest BCUT2D eigenvalue weighted by atomic mass is 35.5. The molecule has 0 bridgehead atoms. The minimum atomic E-state index is -0.944. The lowest BCUT2D eigenvalue weighted by Gasteiger charge is -2.29. The number of nitro groups is 1. The Bertz CT molecular complexity index is 952. The first-order valence-electron chi connectivity index (χ1n) is 8.82. The number of carbonyl (C=O) groups is 2. The fraction of sp³-hybridized carbons (Fsp3) is 0.238. The number of non-ortho nitro benzene ring substituents is 1. The number of hydrogen-bond acceptors (Lipinski definition) is 5. The van der Waals surface area contributed by atoms with E-state index in [2.05, 4.69) is 0 Å². The Morgan fingerprint density at radius 2 is 1.96 bits per heavy atom. The number of ether oxygens (including phenoxy) is 1. The summed E-state index contributed by atoms with van der Waals surface area (Å²) in [6.45, 7) is 1.88. The van der Waals surface area contributed by atoms with Crippen LogP contribution in [-0.2, 0) is 14.3 Å². The van der Waals surface area contributed by atoms with Crippen molar-refractivity contribution >= 4 is 34.6 Å². The summed E-state index contributed by atoms with van der Waals surface area (Å²) in [5, 5.41) is 11.4. The highest BCUT2D eigenvalue weighted by Crippen LogP contribution is 2.41. The number of rotatable bonds is 5. The van der Waals surface area contributed by atoms with Crippen LogP contribution in [0.2, 0.25) is 5.02 Å². The summed E-state index contributed by atoms with van der Waals surface area (Å²) in [6.07, 6.45) is 1.84. The summed E-state index contributed by atoms with van der Waals surface area (Å²) < 4.78 is 5.12. The zero-order chi connectivity index (χ0) is 20.3. The maximum atomic E-state index is 12.8. The van der Waals surface area contributed by atoms with E-state index in [0.717, 1.165) is 5.56 Å². The van der Waals surface area contributed by atoms with Gasteiger partial charge in [-0.05, 0) is 60.4 Å². The van der Waals surface area contributed by atoms with Crippen LogP contribution in [0.25, 0.3) is 5.57 Å². The third-order valence-corrected chi connectivity index (χ3v) is 4.97. The van der Waals surface area contributed by atoms with E-state index in [1.807, 2.05) is 6.07 Å². The molecule has 2 atom stereocenters. The molecule has 0 saturated heterocycles. The van der Waals surface area contributed by atoms with Crippen molar-refractivity contribution in [3.63, 3.8) is 0 Å². The topological polar surface area (TPSA) is 86.5 Å². The second-order valence-corrected chi connectivity index (χ2v) is 6.91. The lowest BCUT2D eigenvalue weighted by Crippen LogP contribution is -2.34. The van der Waals surface area contributed by atoms with Crippen LogP contribution in [-0.4, -0.2) is 23.3 Å². The summed E-state index contributed by atoms with van der Waals surface area (Å²) in [4.78, 5) is 35.7. The summed E-state index contributed by atoms with van der Waals surface area (Å²) >= 11 is 6.11. The van der Waals surface area contributed by atoms with E-state index >= 15 is 0 Å². The van der Waals surface area contributed by atoms with Gasteiger partial charge in [-0.2, -0.15) is 0 Å². The van der Waals surface area contributed by atoms with Gasteiger partial charge in [0.15, 0.2) is 5.78 Å². The molecule has 0 saturated carbocycles. The van der Waals surface area contributed by atoms with Crippen LogP contribution in [0, 0.1) is 16.0 Å². The zero-order valence-electron chi connectivity index (χ0n) is 15.1. The molecule has 0 aliphatic heterocycles. The van der Waals surface area contributed by atoms with Gasteiger partial charge in [0.05, 0.1) is 11.5 Å². The molecule has 1 aliphatic rings. The molecule has 2 aromatic rings. The third-order valence-electron chi connectivity index (χ3n) is 4.73. The van der Waals surface area contributed by atoms with Gasteiger partial charge >= 0.3 is 5.97 Å². The predicted molar refractivity (Wildman–Crippen MR) is 105 cm³/mol. The number of nitrogens with zero attached hydrogens (tertiary/aromatic N) is 1. The number of nitro benzene ring substituents is 1. The Balaban J connectivity index is 2.00. The smallest absolute Gasteiger partial charge is 0.317 e. The minimum absolute atomic E-state index is 0.0257.